The number of nitrogens with zero attached hydrogens (tertiary/aromatic N) is 2. The first-order valence-electron chi connectivity index (χ1n) is 2.48. The summed E-state index contributed by atoms with van der Waals surface area (Å²) in [4.78, 5) is 4.41. The van der Waals surface area contributed by atoms with E-state index in [2.05, 4.69) is 33.5 Å². The molecule has 2 nitrogen and oxygen atoms in total. The summed E-state index contributed by atoms with van der Waals surface area (Å²) in [7, 11) is 0. The van der Waals surface area contributed by atoms with Gasteiger partial charge < -0.3 is 0 Å². The molecule has 0 aromatic carbocycles. The Morgan fingerprint density at radius 2 is 2.40 bits per heavy atom. The van der Waals surface area contributed by atoms with Crippen LogP contribution in [0.5, 0.6) is 0 Å². The minimum atomic E-state index is 0.353. The van der Waals surface area contributed by atoms with Gasteiger partial charge in [0.1, 0.15) is 6.07 Å². The summed E-state index contributed by atoms with van der Waals surface area (Å²) in [6.45, 7) is 0. The third-order valence-corrected chi connectivity index (χ3v) is 1.71. The predicted molar refractivity (Wildman–Crippen MR) is 43.9 cm³/mol. The third kappa shape index (κ3) is 1.49. The van der Waals surface area contributed by atoms with Gasteiger partial charge in [-0.15, -0.1) is 12.6 Å². The molecule has 0 bridgehead atoms. The highest BCUT2D eigenvalue weighted by Gasteiger charge is 1.97. The van der Waals surface area contributed by atoms with Gasteiger partial charge in [0.2, 0.25) is 0 Å². The molecule has 0 N–H and O–H groups in total. The molecule has 1 rings (SSSR count). The average molecular weight is 215 g/mol. The van der Waals surface area contributed by atoms with Gasteiger partial charge in [-0.25, -0.2) is 4.98 Å². The van der Waals surface area contributed by atoms with E-state index in [4.69, 9.17) is 5.26 Å². The van der Waals surface area contributed by atoms with Crippen LogP contribution in [0.1, 0.15) is 5.69 Å². The van der Waals surface area contributed by atoms with Crippen LogP contribution in [0.2, 0.25) is 0 Å². The molecule has 0 fully saturated rings. The van der Waals surface area contributed by atoms with Gasteiger partial charge in [0.25, 0.3) is 0 Å². The zero-order valence-corrected chi connectivity index (χ0v) is 7.35. The lowest BCUT2D eigenvalue weighted by molar-refractivity contribution is 1.17. The number of pyridine rings is 1. The van der Waals surface area contributed by atoms with E-state index in [1.807, 2.05) is 6.07 Å². The molecule has 0 unspecified atom stereocenters. The summed E-state index contributed by atoms with van der Waals surface area (Å²) in [5, 5.41) is 8.43. The second-order valence-corrected chi connectivity index (χ2v) is 3.03. The first-order valence-corrected chi connectivity index (χ1v) is 3.72. The number of halogens is 1. The van der Waals surface area contributed by atoms with Crippen LogP contribution in [-0.2, 0) is 0 Å². The number of nitriles is 1. The minimum Gasteiger partial charge on any atom is -0.243 e. The highest BCUT2D eigenvalue weighted by atomic mass is 79.9. The molecule has 0 spiro atoms. The number of aromatic nitrogens is 1. The van der Waals surface area contributed by atoms with E-state index in [1.54, 1.807) is 12.3 Å². The number of hydrogen-bond acceptors (Lipinski definition) is 3. The Morgan fingerprint density at radius 1 is 1.70 bits per heavy atom. The molecule has 1 aromatic heterocycles. The molecule has 0 amide bonds. The van der Waals surface area contributed by atoms with Gasteiger partial charge in [-0.3, -0.25) is 0 Å². The van der Waals surface area contributed by atoms with Crippen molar-refractivity contribution in [2.45, 2.75) is 4.90 Å². The van der Waals surface area contributed by atoms with Crippen LogP contribution in [0.4, 0.5) is 0 Å². The van der Waals surface area contributed by atoms with Gasteiger partial charge in [-0.05, 0) is 22.0 Å². The van der Waals surface area contributed by atoms with Gasteiger partial charge >= 0.3 is 0 Å². The van der Waals surface area contributed by atoms with Crippen LogP contribution < -0.4 is 0 Å². The van der Waals surface area contributed by atoms with Gasteiger partial charge in [0.15, 0.2) is 5.69 Å². The Hall–Kier alpha value is -0.530. The monoisotopic (exact) mass is 214 g/mol. The highest BCUT2D eigenvalue weighted by Crippen LogP contribution is 2.15. The number of hydrogen-bond donors (Lipinski definition) is 1. The topological polar surface area (TPSA) is 36.7 Å². The Bertz CT molecular complexity index is 292. The Labute approximate surface area is 72.4 Å². The quantitative estimate of drug-likeness (QED) is 0.672. The minimum absolute atomic E-state index is 0.353. The van der Waals surface area contributed by atoms with Gasteiger partial charge in [-0.2, -0.15) is 5.26 Å². The summed E-state index contributed by atoms with van der Waals surface area (Å²) in [6.07, 6.45) is 1.57. The Morgan fingerprint density at radius 3 is 2.90 bits per heavy atom. The molecule has 10 heavy (non-hydrogen) atoms. The molecule has 0 aliphatic heterocycles. The molecule has 0 aliphatic rings. The van der Waals surface area contributed by atoms with E-state index >= 15 is 0 Å². The second kappa shape index (κ2) is 3.04. The normalized spacial score (nSPS) is 8.90. The lowest BCUT2D eigenvalue weighted by Crippen LogP contribution is -1.82. The molecule has 1 heterocycles. The second-order valence-electron chi connectivity index (χ2n) is 1.63. The molecule has 0 saturated carbocycles. The van der Waals surface area contributed by atoms with Crippen molar-refractivity contribution in [2.24, 2.45) is 0 Å². The third-order valence-electron chi connectivity index (χ3n) is 0.940. The smallest absolute Gasteiger partial charge is 0.153 e. The maximum atomic E-state index is 8.43. The summed E-state index contributed by atoms with van der Waals surface area (Å²) < 4.78 is 0.830. The van der Waals surface area contributed by atoms with Crippen molar-refractivity contribution in [3.8, 4) is 6.07 Å². The van der Waals surface area contributed by atoms with Crippen LogP contribution in [0.25, 0.3) is 0 Å². The highest BCUT2D eigenvalue weighted by molar-refractivity contribution is 9.10. The molecule has 50 valence electrons. The van der Waals surface area contributed by atoms with E-state index < -0.39 is 0 Å². The van der Waals surface area contributed by atoms with E-state index in [0.29, 0.717) is 10.6 Å². The molecule has 0 radical (unpaired) electrons. The predicted octanol–water partition coefficient (Wildman–Crippen LogP) is 2.00. The SMILES string of the molecule is N#Cc1ncc(Br)cc1S. The standard InChI is InChI=1S/C6H3BrN2S/c7-4-1-6(10)5(2-8)9-3-4/h1,3,10H. The lowest BCUT2D eigenvalue weighted by Gasteiger charge is -1.93. The first kappa shape index (κ1) is 7.58. The summed E-state index contributed by atoms with van der Waals surface area (Å²) in [5.41, 5.74) is 0.353. The lowest BCUT2D eigenvalue weighted by atomic mass is 10.4. The Balaban J connectivity index is 3.23. The van der Waals surface area contributed by atoms with E-state index in [1.165, 1.54) is 0 Å². The summed E-state index contributed by atoms with van der Waals surface area (Å²) in [6, 6.07) is 3.64. The number of thiol groups is 1. The Kier molecular flexibility index (Phi) is 2.30. The van der Waals surface area contributed by atoms with Crippen molar-refractivity contribution in [1.29, 1.82) is 5.26 Å². The van der Waals surface area contributed by atoms with Crippen molar-refractivity contribution >= 4 is 28.6 Å². The molecule has 0 saturated heterocycles. The maximum Gasteiger partial charge on any atom is 0.153 e. The molecular formula is C6H3BrN2S. The van der Waals surface area contributed by atoms with Crippen LogP contribution in [0.3, 0.4) is 0 Å². The summed E-state index contributed by atoms with van der Waals surface area (Å²) in [5.74, 6) is 0. The summed E-state index contributed by atoms with van der Waals surface area (Å²) >= 11 is 7.24. The zero-order chi connectivity index (χ0) is 7.56. The fourth-order valence-electron chi connectivity index (χ4n) is 0.515. The largest absolute Gasteiger partial charge is 0.243 e. The maximum absolute atomic E-state index is 8.43. The zero-order valence-electron chi connectivity index (χ0n) is 4.87. The molecular weight excluding hydrogens is 212 g/mol. The fraction of sp³-hybridized carbons (Fsp3) is 0. The van der Waals surface area contributed by atoms with Crippen molar-refractivity contribution < 1.29 is 0 Å². The van der Waals surface area contributed by atoms with Crippen LogP contribution >= 0.6 is 28.6 Å². The van der Waals surface area contributed by atoms with Crippen molar-refractivity contribution in [3.05, 3.63) is 22.4 Å². The molecule has 1 aromatic rings. The molecule has 0 atom stereocenters. The van der Waals surface area contributed by atoms with Crippen molar-refractivity contribution in [3.63, 3.8) is 0 Å². The average Bonchev–Trinajstić information content (AvgIpc) is 1.88. The van der Waals surface area contributed by atoms with Gasteiger partial charge in [0.05, 0.1) is 0 Å². The fourth-order valence-corrected chi connectivity index (χ4v) is 1.27. The molecule has 0 aliphatic carbocycles. The van der Waals surface area contributed by atoms with Crippen LogP contribution in [-0.4, -0.2) is 4.98 Å². The first-order chi connectivity index (χ1) is 4.74. The van der Waals surface area contributed by atoms with Crippen LogP contribution in [0, 0.1) is 11.3 Å². The van der Waals surface area contributed by atoms with Gasteiger partial charge in [0, 0.05) is 15.6 Å². The number of rotatable bonds is 0. The van der Waals surface area contributed by atoms with Crippen molar-refractivity contribution in [1.82, 2.24) is 4.98 Å². The van der Waals surface area contributed by atoms with E-state index in [0.717, 1.165) is 4.47 Å². The van der Waals surface area contributed by atoms with Crippen molar-refractivity contribution in [2.75, 3.05) is 0 Å². The van der Waals surface area contributed by atoms with E-state index in [-0.39, 0.29) is 0 Å². The van der Waals surface area contributed by atoms with Crippen LogP contribution in [0.15, 0.2) is 21.6 Å². The van der Waals surface area contributed by atoms with E-state index in [9.17, 15) is 0 Å². The van der Waals surface area contributed by atoms with Gasteiger partial charge in [-0.1, -0.05) is 0 Å². The molecule has 4 heteroatoms.